The lowest BCUT2D eigenvalue weighted by Crippen LogP contribution is -2.35. The molecule has 30 heavy (non-hydrogen) atoms. The van der Waals surface area contributed by atoms with Crippen LogP contribution in [0.4, 0.5) is 0 Å². The summed E-state index contributed by atoms with van der Waals surface area (Å²) < 4.78 is 10.6. The van der Waals surface area contributed by atoms with E-state index >= 15 is 0 Å². The molecule has 0 bridgehead atoms. The molecule has 0 unspecified atom stereocenters. The van der Waals surface area contributed by atoms with Gasteiger partial charge < -0.3 is 14.8 Å². The number of esters is 2. The second-order valence-corrected chi connectivity index (χ2v) is 8.19. The van der Waals surface area contributed by atoms with Crippen LogP contribution in [0.25, 0.3) is 0 Å². The number of Topliss-reactive ketones (excluding diaryl/α,β-unsaturated/α-hetero) is 1. The molecular weight excluding hydrogens is 382 g/mol. The number of rotatable bonds is 4. The number of carbonyl (C=O) groups excluding carboxylic acids is 3. The zero-order valence-electron chi connectivity index (χ0n) is 17.5. The Hall–Kier alpha value is -2.89. The maximum Gasteiger partial charge on any atom is 0.337 e. The molecule has 1 heterocycles. The van der Waals surface area contributed by atoms with Crippen molar-refractivity contribution < 1.29 is 23.9 Å². The highest BCUT2D eigenvalue weighted by Gasteiger charge is 2.39. The van der Waals surface area contributed by atoms with Gasteiger partial charge in [0.1, 0.15) is 6.10 Å². The standard InChI is InChI=1S/C24H27NO5/c1-14-20(24(28)30-17-6-3-4-7-17)21(22-18(25-14)8-5-9-19(22)26)15-10-12-16(13-11-15)23(27)29-2/h10-13,17,21,25H,3-9H2,1-2H3/t21-/m0/s1. The molecule has 0 spiro atoms. The topological polar surface area (TPSA) is 81.7 Å². The molecule has 0 aromatic heterocycles. The van der Waals surface area contributed by atoms with Crippen LogP contribution in [0.15, 0.2) is 46.8 Å². The number of allylic oxidation sites excluding steroid dienone is 3. The molecule has 1 aromatic rings. The molecule has 1 aliphatic heterocycles. The van der Waals surface area contributed by atoms with Gasteiger partial charge in [-0.2, -0.15) is 0 Å². The summed E-state index contributed by atoms with van der Waals surface area (Å²) in [6, 6.07) is 6.94. The third-order valence-corrected chi connectivity index (χ3v) is 6.24. The predicted molar refractivity (Wildman–Crippen MR) is 111 cm³/mol. The number of dihydropyridines is 1. The summed E-state index contributed by atoms with van der Waals surface area (Å²) >= 11 is 0. The van der Waals surface area contributed by atoms with E-state index in [1.807, 2.05) is 6.92 Å². The smallest absolute Gasteiger partial charge is 0.337 e. The molecule has 1 aromatic carbocycles. The first-order valence-electron chi connectivity index (χ1n) is 10.6. The van der Waals surface area contributed by atoms with E-state index in [0.717, 1.165) is 55.5 Å². The van der Waals surface area contributed by atoms with Crippen LogP contribution >= 0.6 is 0 Å². The van der Waals surface area contributed by atoms with Gasteiger partial charge in [0, 0.05) is 29.3 Å². The number of ether oxygens (including phenoxy) is 2. The van der Waals surface area contributed by atoms with E-state index in [-0.39, 0.29) is 17.9 Å². The number of ketones is 1. The number of carbonyl (C=O) groups is 3. The Morgan fingerprint density at radius 2 is 1.70 bits per heavy atom. The number of benzene rings is 1. The Balaban J connectivity index is 1.74. The first-order valence-corrected chi connectivity index (χ1v) is 10.6. The highest BCUT2D eigenvalue weighted by atomic mass is 16.5. The molecule has 1 fully saturated rings. The van der Waals surface area contributed by atoms with Gasteiger partial charge >= 0.3 is 11.9 Å². The summed E-state index contributed by atoms with van der Waals surface area (Å²) in [5, 5.41) is 3.31. The van der Waals surface area contributed by atoms with Crippen molar-refractivity contribution in [2.45, 2.75) is 63.9 Å². The van der Waals surface area contributed by atoms with Crippen molar-refractivity contribution in [3.05, 3.63) is 57.9 Å². The normalized spacial score (nSPS) is 21.9. The average molecular weight is 409 g/mol. The van der Waals surface area contributed by atoms with Crippen LogP contribution in [0, 0.1) is 0 Å². The molecule has 1 N–H and O–H groups in total. The van der Waals surface area contributed by atoms with Gasteiger partial charge in [-0.05, 0) is 63.1 Å². The second-order valence-electron chi connectivity index (χ2n) is 8.19. The fourth-order valence-electron chi connectivity index (χ4n) is 4.74. The van der Waals surface area contributed by atoms with Gasteiger partial charge in [0.2, 0.25) is 0 Å². The molecule has 6 heteroatoms. The quantitative estimate of drug-likeness (QED) is 0.759. The number of methoxy groups -OCH3 is 1. The van der Waals surface area contributed by atoms with E-state index < -0.39 is 11.9 Å². The summed E-state index contributed by atoms with van der Waals surface area (Å²) in [5.74, 6) is -1.22. The highest BCUT2D eigenvalue weighted by Crippen LogP contribution is 2.43. The van der Waals surface area contributed by atoms with E-state index in [9.17, 15) is 14.4 Å². The molecule has 1 saturated carbocycles. The number of hydrogen-bond donors (Lipinski definition) is 1. The molecule has 158 valence electrons. The molecule has 6 nitrogen and oxygen atoms in total. The van der Waals surface area contributed by atoms with Gasteiger partial charge in [0.15, 0.2) is 5.78 Å². The van der Waals surface area contributed by atoms with E-state index in [1.54, 1.807) is 24.3 Å². The van der Waals surface area contributed by atoms with Crippen molar-refractivity contribution in [1.82, 2.24) is 5.32 Å². The number of nitrogens with one attached hydrogen (secondary N) is 1. The van der Waals surface area contributed by atoms with Gasteiger partial charge in [-0.15, -0.1) is 0 Å². The average Bonchev–Trinajstić information content (AvgIpc) is 3.25. The first kappa shape index (κ1) is 20.4. The van der Waals surface area contributed by atoms with Crippen LogP contribution in [0.2, 0.25) is 0 Å². The predicted octanol–water partition coefficient (Wildman–Crippen LogP) is 3.93. The summed E-state index contributed by atoms with van der Waals surface area (Å²) in [7, 11) is 1.34. The fraction of sp³-hybridized carbons (Fsp3) is 0.458. The van der Waals surface area contributed by atoms with Crippen LogP contribution in [-0.4, -0.2) is 30.9 Å². The van der Waals surface area contributed by atoms with Crippen LogP contribution in [0.3, 0.4) is 0 Å². The maximum absolute atomic E-state index is 13.2. The van der Waals surface area contributed by atoms with Crippen molar-refractivity contribution in [1.29, 1.82) is 0 Å². The van der Waals surface area contributed by atoms with Gasteiger partial charge in [0.05, 0.1) is 18.2 Å². The molecule has 1 atom stereocenters. The van der Waals surface area contributed by atoms with Crippen LogP contribution in [0.1, 0.15) is 73.7 Å². The minimum atomic E-state index is -0.491. The van der Waals surface area contributed by atoms with Crippen molar-refractivity contribution in [2.24, 2.45) is 0 Å². The first-order chi connectivity index (χ1) is 14.5. The molecular formula is C24H27NO5. The number of hydrogen-bond acceptors (Lipinski definition) is 6. The SMILES string of the molecule is COC(=O)c1ccc([C@H]2C(C(=O)OC3CCCC3)=C(C)NC3=C2C(=O)CCC3)cc1. The Morgan fingerprint density at radius 3 is 2.37 bits per heavy atom. The zero-order chi connectivity index (χ0) is 21.3. The Kier molecular flexibility index (Phi) is 5.75. The Morgan fingerprint density at radius 1 is 1.00 bits per heavy atom. The highest BCUT2D eigenvalue weighted by molar-refractivity contribution is 6.03. The third kappa shape index (κ3) is 3.78. The second kappa shape index (κ2) is 8.46. The molecule has 2 aliphatic carbocycles. The van der Waals surface area contributed by atoms with E-state index in [0.29, 0.717) is 23.1 Å². The molecule has 0 saturated heterocycles. The summed E-state index contributed by atoms with van der Waals surface area (Å²) in [6.07, 6.45) is 5.90. The molecule has 3 aliphatic rings. The van der Waals surface area contributed by atoms with Crippen LogP contribution in [0.5, 0.6) is 0 Å². The fourth-order valence-corrected chi connectivity index (χ4v) is 4.74. The lowest BCUT2D eigenvalue weighted by Gasteiger charge is -2.34. The Bertz CT molecular complexity index is 935. The van der Waals surface area contributed by atoms with E-state index in [1.165, 1.54) is 7.11 Å². The Labute approximate surface area is 176 Å². The molecule has 4 rings (SSSR count). The zero-order valence-corrected chi connectivity index (χ0v) is 17.5. The van der Waals surface area contributed by atoms with Crippen LogP contribution < -0.4 is 5.32 Å². The lowest BCUT2D eigenvalue weighted by molar-refractivity contribution is -0.144. The third-order valence-electron chi connectivity index (χ3n) is 6.24. The van der Waals surface area contributed by atoms with Crippen molar-refractivity contribution in [3.63, 3.8) is 0 Å². The van der Waals surface area contributed by atoms with E-state index in [4.69, 9.17) is 9.47 Å². The monoisotopic (exact) mass is 409 g/mol. The minimum absolute atomic E-state index is 0.0578. The minimum Gasteiger partial charge on any atom is -0.465 e. The van der Waals surface area contributed by atoms with Gasteiger partial charge in [-0.25, -0.2) is 9.59 Å². The largest absolute Gasteiger partial charge is 0.465 e. The molecule has 0 amide bonds. The summed E-state index contributed by atoms with van der Waals surface area (Å²) in [5.41, 5.74) is 3.98. The van der Waals surface area contributed by atoms with Crippen LogP contribution in [-0.2, 0) is 19.1 Å². The van der Waals surface area contributed by atoms with Crippen molar-refractivity contribution in [3.8, 4) is 0 Å². The van der Waals surface area contributed by atoms with Gasteiger partial charge in [0.25, 0.3) is 0 Å². The van der Waals surface area contributed by atoms with Gasteiger partial charge in [-0.3, -0.25) is 4.79 Å². The summed E-state index contributed by atoms with van der Waals surface area (Å²) in [4.78, 5) is 37.9. The summed E-state index contributed by atoms with van der Waals surface area (Å²) in [6.45, 7) is 1.87. The lowest BCUT2D eigenvalue weighted by atomic mass is 9.75. The van der Waals surface area contributed by atoms with Crippen molar-refractivity contribution in [2.75, 3.05) is 7.11 Å². The molecule has 0 radical (unpaired) electrons. The van der Waals surface area contributed by atoms with Gasteiger partial charge in [-0.1, -0.05) is 12.1 Å². The van der Waals surface area contributed by atoms with E-state index in [2.05, 4.69) is 5.32 Å². The van der Waals surface area contributed by atoms with Crippen molar-refractivity contribution >= 4 is 17.7 Å². The maximum atomic E-state index is 13.2.